The van der Waals surface area contributed by atoms with Gasteiger partial charge >= 0.3 is 35.5 Å². The van der Waals surface area contributed by atoms with Crippen LogP contribution in [0.3, 0.4) is 0 Å². The van der Waals surface area contributed by atoms with Gasteiger partial charge in [-0.3, -0.25) is 19.2 Å². The fraction of sp³-hybridized carbons (Fsp3) is 0.667. The van der Waals surface area contributed by atoms with E-state index < -0.39 is 47.2 Å². The minimum Gasteiger partial charge on any atom is -0.549 e. The van der Waals surface area contributed by atoms with Crippen molar-refractivity contribution in [3.8, 4) is 6.07 Å². The van der Waals surface area contributed by atoms with Crippen molar-refractivity contribution in [2.75, 3.05) is 37.5 Å². The second kappa shape index (κ2) is 10.7. The molecular formula is C15H18N3NaO7S2. The molecule has 2 aliphatic heterocycles. The van der Waals surface area contributed by atoms with Crippen molar-refractivity contribution in [3.05, 3.63) is 0 Å². The fourth-order valence-corrected chi connectivity index (χ4v) is 4.86. The van der Waals surface area contributed by atoms with E-state index in [4.69, 9.17) is 14.8 Å². The quantitative estimate of drug-likeness (QED) is 0.119. The van der Waals surface area contributed by atoms with Gasteiger partial charge in [-0.15, -0.1) is 23.5 Å². The largest absolute Gasteiger partial charge is 1.00 e. The Labute approximate surface area is 192 Å². The first-order valence-corrected chi connectivity index (χ1v) is 10.1. The number of amides is 2. The monoisotopic (exact) mass is 439 g/mol. The Balaban J connectivity index is 0.00000392. The van der Waals surface area contributed by atoms with E-state index in [1.807, 2.05) is 6.07 Å². The van der Waals surface area contributed by atoms with Crippen molar-refractivity contribution < 1.29 is 63.4 Å². The maximum absolute atomic E-state index is 12.5. The third-order valence-corrected chi connectivity index (χ3v) is 6.55. The maximum Gasteiger partial charge on any atom is 1.00 e. The van der Waals surface area contributed by atoms with Crippen LogP contribution in [0.25, 0.3) is 0 Å². The average Bonchev–Trinajstić information content (AvgIpc) is 2.63. The summed E-state index contributed by atoms with van der Waals surface area (Å²) in [6.45, 7) is 0.597. The molecule has 2 unspecified atom stereocenters. The van der Waals surface area contributed by atoms with Crippen LogP contribution in [0.15, 0.2) is 0 Å². The van der Waals surface area contributed by atoms with E-state index in [-0.39, 0.29) is 53.4 Å². The number of hydrogen-bond acceptors (Lipinski definition) is 10. The van der Waals surface area contributed by atoms with E-state index >= 15 is 0 Å². The summed E-state index contributed by atoms with van der Waals surface area (Å²) in [4.78, 5) is 53.8. The number of fused-ring (bicyclic) bond motifs is 1. The summed E-state index contributed by atoms with van der Waals surface area (Å²) in [5.41, 5.74) is -1.50. The molecule has 0 aromatic heterocycles. The third-order valence-electron chi connectivity index (χ3n) is 4.19. The summed E-state index contributed by atoms with van der Waals surface area (Å²) in [5.74, 6) is -2.76. The molecule has 10 nitrogen and oxygen atoms in total. The first-order valence-electron chi connectivity index (χ1n) is 7.85. The molecule has 148 valence electrons. The predicted octanol–water partition coefficient (Wildman–Crippen LogP) is -4.78. The van der Waals surface area contributed by atoms with Crippen LogP contribution < -0.4 is 34.7 Å². The number of carbonyl (C=O) groups is 4. The molecule has 0 radical (unpaired) electrons. The Morgan fingerprint density at radius 2 is 2.18 bits per heavy atom. The Kier molecular flexibility index (Phi) is 9.58. The van der Waals surface area contributed by atoms with Gasteiger partial charge in [0.2, 0.25) is 0 Å². The zero-order chi connectivity index (χ0) is 20.2. The smallest absolute Gasteiger partial charge is 0.549 e. The normalized spacial score (nSPS) is 25.5. The Hall–Kier alpha value is -0.970. The summed E-state index contributed by atoms with van der Waals surface area (Å²) >= 11 is 2.26. The minimum atomic E-state index is -1.50. The van der Waals surface area contributed by atoms with Crippen LogP contribution >= 0.6 is 23.5 Å². The van der Waals surface area contributed by atoms with Gasteiger partial charge in [0.1, 0.15) is 12.0 Å². The maximum atomic E-state index is 12.5. The van der Waals surface area contributed by atoms with Crippen molar-refractivity contribution in [2.45, 2.75) is 18.3 Å². The van der Waals surface area contributed by atoms with Crippen molar-refractivity contribution in [2.24, 2.45) is 5.41 Å². The molecule has 28 heavy (non-hydrogen) atoms. The topological polar surface area (TPSA) is 140 Å². The van der Waals surface area contributed by atoms with Crippen LogP contribution in [-0.2, 0) is 28.8 Å². The fourth-order valence-electron chi connectivity index (χ4n) is 2.81. The molecule has 2 fully saturated rings. The number of nitrogens with zero attached hydrogens (tertiary/aromatic N) is 3. The number of hydrogen-bond donors (Lipinski definition) is 0. The number of rotatable bonds is 8. The van der Waals surface area contributed by atoms with Gasteiger partial charge in [-0.1, -0.05) is 0 Å². The van der Waals surface area contributed by atoms with Gasteiger partial charge in [-0.2, -0.15) is 5.26 Å². The average molecular weight is 439 g/mol. The molecule has 13 heteroatoms. The molecule has 0 spiro atoms. The number of nitriles is 1. The number of ether oxygens (including phenoxy) is 1. The molecular weight excluding hydrogens is 421 g/mol. The van der Waals surface area contributed by atoms with Crippen LogP contribution in [0.2, 0.25) is 0 Å². The Bertz CT molecular complexity index is 689. The molecule has 0 aromatic rings. The van der Waals surface area contributed by atoms with Gasteiger partial charge in [0.05, 0.1) is 36.1 Å². The standard InChI is InChI=1S/C15H19N3O7S2.Na/c1-9(19)25-7-15(14(22)23)6-17-12(21)11(13(17)27-8-15)18(24-2)10(20)5-26-4-3-16;/h11,13H,4-8H2,1-2H3,(H,22,23);/q;+1/p-1/t11?,13-,15?;/m1./s1. The van der Waals surface area contributed by atoms with Crippen molar-refractivity contribution in [1.29, 1.82) is 5.26 Å². The minimum absolute atomic E-state index is 0. The SMILES string of the molecule is CON(C(=O)CSCC#N)C1C(=O)N2CC(COC(C)=O)(C(=O)[O-])CS[C@H]12.[Na+]. The van der Waals surface area contributed by atoms with E-state index in [0.717, 1.165) is 28.6 Å². The van der Waals surface area contributed by atoms with E-state index in [9.17, 15) is 24.3 Å². The Morgan fingerprint density at radius 3 is 2.71 bits per heavy atom. The number of thioether (sulfide) groups is 2. The molecule has 0 N–H and O–H groups in total. The molecule has 2 saturated heterocycles. The number of hydroxylamine groups is 2. The molecule has 0 saturated carbocycles. The summed E-state index contributed by atoms with van der Waals surface area (Å²) in [5, 5.41) is 20.7. The van der Waals surface area contributed by atoms with Crippen LogP contribution in [-0.4, -0.2) is 82.7 Å². The summed E-state index contributed by atoms with van der Waals surface area (Å²) < 4.78 is 4.85. The van der Waals surface area contributed by atoms with E-state index in [2.05, 4.69) is 0 Å². The first-order chi connectivity index (χ1) is 12.8. The van der Waals surface area contributed by atoms with Gasteiger partial charge < -0.3 is 19.5 Å². The predicted molar refractivity (Wildman–Crippen MR) is 92.6 cm³/mol. The summed E-state index contributed by atoms with van der Waals surface area (Å²) in [7, 11) is 1.27. The molecule has 2 aliphatic rings. The zero-order valence-corrected chi connectivity index (χ0v) is 19.3. The number of esters is 1. The van der Waals surface area contributed by atoms with Gasteiger partial charge in [0, 0.05) is 19.2 Å². The van der Waals surface area contributed by atoms with Crippen LogP contribution in [0.4, 0.5) is 0 Å². The van der Waals surface area contributed by atoms with Gasteiger partial charge in [-0.25, -0.2) is 5.06 Å². The third kappa shape index (κ3) is 5.14. The molecule has 0 aliphatic carbocycles. The van der Waals surface area contributed by atoms with Gasteiger partial charge in [0.15, 0.2) is 6.04 Å². The zero-order valence-electron chi connectivity index (χ0n) is 15.7. The number of carbonyl (C=O) groups excluding carboxylic acids is 4. The van der Waals surface area contributed by atoms with Crippen LogP contribution in [0.5, 0.6) is 0 Å². The van der Waals surface area contributed by atoms with Crippen LogP contribution in [0.1, 0.15) is 6.92 Å². The van der Waals surface area contributed by atoms with E-state index in [1.165, 1.54) is 18.9 Å². The van der Waals surface area contributed by atoms with Crippen molar-refractivity contribution in [1.82, 2.24) is 9.96 Å². The number of β-lactam (4-membered cyclic amide) rings is 1. The molecule has 2 amide bonds. The number of carboxylic acids is 1. The van der Waals surface area contributed by atoms with Gasteiger partial charge in [-0.05, 0) is 0 Å². The Morgan fingerprint density at radius 1 is 1.50 bits per heavy atom. The summed E-state index contributed by atoms with van der Waals surface area (Å²) in [6.07, 6.45) is 0. The first kappa shape index (κ1) is 25.1. The van der Waals surface area contributed by atoms with E-state index in [0.29, 0.717) is 0 Å². The number of carboxylic acid groups (broad SMARTS) is 1. The molecule has 3 atom stereocenters. The molecule has 2 rings (SSSR count). The number of aliphatic carboxylic acids is 1. The molecule has 0 bridgehead atoms. The van der Waals surface area contributed by atoms with Crippen molar-refractivity contribution in [3.63, 3.8) is 0 Å². The van der Waals surface area contributed by atoms with Gasteiger partial charge in [0.25, 0.3) is 11.8 Å². The second-order valence-electron chi connectivity index (χ2n) is 6.01. The van der Waals surface area contributed by atoms with Crippen LogP contribution in [0, 0.1) is 16.7 Å². The summed E-state index contributed by atoms with van der Waals surface area (Å²) in [6, 6.07) is 1.03. The van der Waals surface area contributed by atoms with Crippen molar-refractivity contribution >= 4 is 47.3 Å². The van der Waals surface area contributed by atoms with E-state index in [1.54, 1.807) is 0 Å². The molecule has 2 heterocycles. The second-order valence-corrected chi connectivity index (χ2v) is 8.10. The molecule has 0 aromatic carbocycles.